The summed E-state index contributed by atoms with van der Waals surface area (Å²) in [4.78, 5) is 22.9. The van der Waals surface area contributed by atoms with Gasteiger partial charge in [0, 0.05) is 12.5 Å². The summed E-state index contributed by atoms with van der Waals surface area (Å²) in [5.74, 6) is -5.41. The van der Waals surface area contributed by atoms with Crippen LogP contribution in [0.2, 0.25) is 0 Å². The van der Waals surface area contributed by atoms with Crippen LogP contribution in [-0.2, 0) is 4.79 Å². The minimum absolute atomic E-state index is 0.274. The molecule has 0 aliphatic carbocycles. The van der Waals surface area contributed by atoms with Crippen LogP contribution in [0.1, 0.15) is 23.7 Å². The molecular formula is C15H12F2O2. The normalized spacial score (nSPS) is 11.5. The first-order valence-corrected chi connectivity index (χ1v) is 5.81. The molecule has 0 N–H and O–H groups in total. The summed E-state index contributed by atoms with van der Waals surface area (Å²) in [6.07, 6.45) is -0.776. The molecule has 0 aromatic heterocycles. The lowest BCUT2D eigenvalue weighted by Crippen LogP contribution is -2.26. The lowest BCUT2D eigenvalue weighted by Gasteiger charge is -2.08. The summed E-state index contributed by atoms with van der Waals surface area (Å²) in [6.45, 7) is 0.503. The number of carbonyl (C=O) groups is 2. The van der Waals surface area contributed by atoms with Crippen molar-refractivity contribution in [2.45, 2.75) is 19.3 Å². The first-order chi connectivity index (χ1) is 8.88. The molecule has 19 heavy (non-hydrogen) atoms. The molecule has 0 saturated carbocycles. The molecule has 0 spiro atoms. The Bertz CT molecular complexity index is 642. The van der Waals surface area contributed by atoms with E-state index < -0.39 is 23.9 Å². The summed E-state index contributed by atoms with van der Waals surface area (Å²) >= 11 is 0. The van der Waals surface area contributed by atoms with Gasteiger partial charge in [-0.1, -0.05) is 36.4 Å². The number of Topliss-reactive ketones (excluding diaryl/α,β-unsaturated/α-hetero) is 2. The number of benzene rings is 2. The van der Waals surface area contributed by atoms with Crippen LogP contribution in [0.3, 0.4) is 0 Å². The third kappa shape index (κ3) is 3.02. The average molecular weight is 262 g/mol. The zero-order valence-corrected chi connectivity index (χ0v) is 10.3. The van der Waals surface area contributed by atoms with Crippen molar-refractivity contribution in [3.63, 3.8) is 0 Å². The Labute approximate surface area is 109 Å². The highest BCUT2D eigenvalue weighted by Gasteiger charge is 2.33. The Hall–Kier alpha value is -2.10. The van der Waals surface area contributed by atoms with Gasteiger partial charge in [-0.25, -0.2) is 0 Å². The molecule has 0 aliphatic rings. The molecule has 2 aromatic carbocycles. The van der Waals surface area contributed by atoms with Crippen molar-refractivity contribution in [2.75, 3.05) is 0 Å². The zero-order valence-electron chi connectivity index (χ0n) is 10.3. The minimum Gasteiger partial charge on any atom is -0.294 e. The fourth-order valence-corrected chi connectivity index (χ4v) is 1.77. The van der Waals surface area contributed by atoms with Gasteiger partial charge in [-0.05, 0) is 16.8 Å². The van der Waals surface area contributed by atoms with E-state index >= 15 is 0 Å². The molecule has 0 saturated heterocycles. The maximum atomic E-state index is 12.7. The molecule has 98 valence electrons. The zero-order chi connectivity index (χ0) is 14.0. The van der Waals surface area contributed by atoms with Crippen molar-refractivity contribution in [2.24, 2.45) is 0 Å². The van der Waals surface area contributed by atoms with E-state index in [-0.39, 0.29) is 5.56 Å². The van der Waals surface area contributed by atoms with Crippen molar-refractivity contribution in [1.82, 2.24) is 0 Å². The molecule has 0 fully saturated rings. The Morgan fingerprint density at radius 2 is 1.68 bits per heavy atom. The molecule has 0 heterocycles. The number of halogens is 2. The highest BCUT2D eigenvalue weighted by atomic mass is 19.3. The maximum Gasteiger partial charge on any atom is 0.303 e. The van der Waals surface area contributed by atoms with E-state index in [1.807, 2.05) is 24.3 Å². The van der Waals surface area contributed by atoms with Crippen LogP contribution in [0.5, 0.6) is 0 Å². The summed E-state index contributed by atoms with van der Waals surface area (Å²) in [7, 11) is 0. The van der Waals surface area contributed by atoms with Gasteiger partial charge in [-0.2, -0.15) is 8.78 Å². The van der Waals surface area contributed by atoms with Crippen molar-refractivity contribution in [1.29, 1.82) is 0 Å². The second kappa shape index (κ2) is 4.88. The standard InChI is InChI=1S/C15H12F2O2/c1-15(16,17)14(19)9-13(18)12-7-6-10-4-2-3-5-11(10)8-12/h2-8H,9H2,1H3. The molecule has 0 aliphatic heterocycles. The fourth-order valence-electron chi connectivity index (χ4n) is 1.77. The van der Waals surface area contributed by atoms with Crippen molar-refractivity contribution in [3.8, 4) is 0 Å². The van der Waals surface area contributed by atoms with Gasteiger partial charge in [0.2, 0.25) is 5.78 Å². The van der Waals surface area contributed by atoms with Crippen molar-refractivity contribution < 1.29 is 18.4 Å². The van der Waals surface area contributed by atoms with Crippen LogP contribution in [-0.4, -0.2) is 17.5 Å². The van der Waals surface area contributed by atoms with E-state index in [9.17, 15) is 18.4 Å². The maximum absolute atomic E-state index is 12.7. The number of hydrogen-bond acceptors (Lipinski definition) is 2. The SMILES string of the molecule is CC(F)(F)C(=O)CC(=O)c1ccc2ccccc2c1. The highest BCUT2D eigenvalue weighted by molar-refractivity contribution is 6.10. The van der Waals surface area contributed by atoms with Gasteiger partial charge in [0.1, 0.15) is 0 Å². The van der Waals surface area contributed by atoms with Crippen molar-refractivity contribution >= 4 is 22.3 Å². The molecule has 0 radical (unpaired) electrons. The van der Waals surface area contributed by atoms with Crippen LogP contribution in [0.4, 0.5) is 8.78 Å². The lowest BCUT2D eigenvalue weighted by atomic mass is 10.0. The molecule has 0 amide bonds. The monoisotopic (exact) mass is 262 g/mol. The van der Waals surface area contributed by atoms with E-state index in [1.54, 1.807) is 18.2 Å². The summed E-state index contributed by atoms with van der Waals surface area (Å²) in [5.41, 5.74) is 0.274. The molecular weight excluding hydrogens is 250 g/mol. The van der Waals surface area contributed by atoms with Gasteiger partial charge in [-0.3, -0.25) is 9.59 Å². The lowest BCUT2D eigenvalue weighted by molar-refractivity contribution is -0.139. The Kier molecular flexibility index (Phi) is 3.42. The summed E-state index contributed by atoms with van der Waals surface area (Å²) in [5, 5.41) is 1.79. The van der Waals surface area contributed by atoms with E-state index in [0.717, 1.165) is 10.8 Å². The first-order valence-electron chi connectivity index (χ1n) is 5.81. The highest BCUT2D eigenvalue weighted by Crippen LogP contribution is 2.19. The molecule has 2 aromatic rings. The Morgan fingerprint density at radius 1 is 1.05 bits per heavy atom. The number of ketones is 2. The largest absolute Gasteiger partial charge is 0.303 e. The Balaban J connectivity index is 2.25. The van der Waals surface area contributed by atoms with Gasteiger partial charge in [-0.15, -0.1) is 0 Å². The number of fused-ring (bicyclic) bond motifs is 1. The third-order valence-electron chi connectivity index (χ3n) is 2.88. The minimum atomic E-state index is -3.47. The van der Waals surface area contributed by atoms with Gasteiger partial charge >= 0.3 is 5.92 Å². The van der Waals surface area contributed by atoms with Crippen molar-refractivity contribution in [3.05, 3.63) is 48.0 Å². The second-order valence-electron chi connectivity index (χ2n) is 4.47. The van der Waals surface area contributed by atoms with Crippen LogP contribution < -0.4 is 0 Å². The molecule has 0 unspecified atom stereocenters. The molecule has 0 bridgehead atoms. The van der Waals surface area contributed by atoms with Crippen LogP contribution in [0.15, 0.2) is 42.5 Å². The number of carbonyl (C=O) groups excluding carboxylic acids is 2. The average Bonchev–Trinajstić information content (AvgIpc) is 2.37. The van der Waals surface area contributed by atoms with Crippen LogP contribution in [0, 0.1) is 0 Å². The van der Waals surface area contributed by atoms with Gasteiger partial charge in [0.25, 0.3) is 0 Å². The van der Waals surface area contributed by atoms with E-state index in [0.29, 0.717) is 6.92 Å². The topological polar surface area (TPSA) is 34.1 Å². The van der Waals surface area contributed by atoms with E-state index in [1.165, 1.54) is 0 Å². The number of alkyl halides is 2. The molecule has 2 rings (SSSR count). The molecule has 2 nitrogen and oxygen atoms in total. The predicted octanol–water partition coefficient (Wildman–Crippen LogP) is 3.64. The summed E-state index contributed by atoms with van der Waals surface area (Å²) < 4.78 is 25.5. The van der Waals surface area contributed by atoms with Gasteiger partial charge < -0.3 is 0 Å². The molecule has 0 atom stereocenters. The van der Waals surface area contributed by atoms with E-state index in [2.05, 4.69) is 0 Å². The third-order valence-corrected chi connectivity index (χ3v) is 2.88. The van der Waals surface area contributed by atoms with E-state index in [4.69, 9.17) is 0 Å². The second-order valence-corrected chi connectivity index (χ2v) is 4.47. The van der Waals surface area contributed by atoms with Crippen LogP contribution in [0.25, 0.3) is 10.8 Å². The summed E-state index contributed by atoms with van der Waals surface area (Å²) in [6, 6.07) is 12.3. The molecule has 4 heteroatoms. The fraction of sp³-hybridized carbons (Fsp3) is 0.200. The quantitative estimate of drug-likeness (QED) is 0.622. The number of rotatable bonds is 4. The number of hydrogen-bond donors (Lipinski definition) is 0. The van der Waals surface area contributed by atoms with Crippen LogP contribution >= 0.6 is 0 Å². The smallest absolute Gasteiger partial charge is 0.294 e. The van der Waals surface area contributed by atoms with Gasteiger partial charge in [0.15, 0.2) is 5.78 Å². The Morgan fingerprint density at radius 3 is 2.32 bits per heavy atom. The first kappa shape index (κ1) is 13.3. The van der Waals surface area contributed by atoms with Gasteiger partial charge in [0.05, 0.1) is 6.42 Å². The predicted molar refractivity (Wildman–Crippen MR) is 68.5 cm³/mol.